The van der Waals surface area contributed by atoms with Gasteiger partial charge in [0.2, 0.25) is 0 Å². The van der Waals surface area contributed by atoms with Crippen LogP contribution in [-0.2, 0) is 4.74 Å². The summed E-state index contributed by atoms with van der Waals surface area (Å²) in [7, 11) is 0. The molecule has 0 spiro atoms. The molecule has 2 aliphatic carbocycles. The number of nitrogens with one attached hydrogen (secondary N) is 1. The molecule has 2 atom stereocenters. The Morgan fingerprint density at radius 1 is 1.10 bits per heavy atom. The molecule has 3 rings (SSSR count). The quantitative estimate of drug-likeness (QED) is 0.815. The van der Waals surface area contributed by atoms with Gasteiger partial charge in [-0.1, -0.05) is 33.1 Å². The zero-order valence-electron chi connectivity index (χ0n) is 14.0. The predicted octanol–water partition coefficient (Wildman–Crippen LogP) is 3.04. The molecule has 0 aromatic carbocycles. The minimum Gasteiger partial charge on any atom is -0.377 e. The molecule has 3 aliphatic rings. The first-order valence-electron chi connectivity index (χ1n) is 9.33. The van der Waals surface area contributed by atoms with Crippen LogP contribution in [-0.4, -0.2) is 49.3 Å². The molecule has 0 radical (unpaired) electrons. The monoisotopic (exact) mass is 294 g/mol. The van der Waals surface area contributed by atoms with Crippen LogP contribution in [0.1, 0.15) is 58.8 Å². The highest BCUT2D eigenvalue weighted by atomic mass is 16.5. The molecule has 0 aromatic heterocycles. The Morgan fingerprint density at radius 2 is 1.86 bits per heavy atom. The summed E-state index contributed by atoms with van der Waals surface area (Å²) < 4.78 is 6.16. The van der Waals surface area contributed by atoms with E-state index < -0.39 is 0 Å². The predicted molar refractivity (Wildman–Crippen MR) is 87.5 cm³/mol. The Labute approximate surface area is 130 Å². The Balaban J connectivity index is 1.45. The van der Waals surface area contributed by atoms with Crippen LogP contribution in [0.3, 0.4) is 0 Å². The van der Waals surface area contributed by atoms with Crippen molar-refractivity contribution in [2.75, 3.05) is 26.2 Å². The van der Waals surface area contributed by atoms with Gasteiger partial charge < -0.3 is 10.1 Å². The number of hydrogen-bond donors (Lipinski definition) is 1. The van der Waals surface area contributed by atoms with Gasteiger partial charge in [0.15, 0.2) is 0 Å². The zero-order chi connectivity index (χ0) is 14.7. The summed E-state index contributed by atoms with van der Waals surface area (Å²) in [6.45, 7) is 9.19. The normalized spacial score (nSPS) is 32.7. The molecular formula is C18H34N2O. The van der Waals surface area contributed by atoms with E-state index in [-0.39, 0.29) is 0 Å². The van der Waals surface area contributed by atoms with Gasteiger partial charge in [-0.3, -0.25) is 4.90 Å². The molecule has 3 heteroatoms. The average Bonchev–Trinajstić information content (AvgIpc) is 3.33. The summed E-state index contributed by atoms with van der Waals surface area (Å²) in [5.41, 5.74) is 0. The first kappa shape index (κ1) is 15.8. The number of rotatable bonds is 6. The first-order chi connectivity index (χ1) is 10.2. The van der Waals surface area contributed by atoms with Crippen LogP contribution in [0.15, 0.2) is 0 Å². The molecule has 3 fully saturated rings. The van der Waals surface area contributed by atoms with Crippen molar-refractivity contribution >= 4 is 0 Å². The van der Waals surface area contributed by atoms with Crippen LogP contribution >= 0.6 is 0 Å². The summed E-state index contributed by atoms with van der Waals surface area (Å²) >= 11 is 0. The SMILES string of the molecule is CC(C)C1CNC(C2CC2)CN1CCOC1CCCCC1. The Morgan fingerprint density at radius 3 is 2.52 bits per heavy atom. The molecule has 3 nitrogen and oxygen atoms in total. The molecule has 2 unspecified atom stereocenters. The van der Waals surface area contributed by atoms with Crippen LogP contribution in [0.25, 0.3) is 0 Å². The van der Waals surface area contributed by atoms with E-state index in [0.29, 0.717) is 12.1 Å². The van der Waals surface area contributed by atoms with E-state index >= 15 is 0 Å². The van der Waals surface area contributed by atoms with Gasteiger partial charge in [-0.15, -0.1) is 0 Å². The highest BCUT2D eigenvalue weighted by Crippen LogP contribution is 2.34. The molecular weight excluding hydrogens is 260 g/mol. The van der Waals surface area contributed by atoms with Crippen LogP contribution in [0.2, 0.25) is 0 Å². The van der Waals surface area contributed by atoms with Crippen LogP contribution in [0.5, 0.6) is 0 Å². The lowest BCUT2D eigenvalue weighted by atomic mass is 9.97. The number of piperazine rings is 1. The fraction of sp³-hybridized carbons (Fsp3) is 1.00. The van der Waals surface area contributed by atoms with Crippen molar-refractivity contribution in [1.82, 2.24) is 10.2 Å². The minimum absolute atomic E-state index is 0.554. The molecule has 2 saturated carbocycles. The van der Waals surface area contributed by atoms with E-state index in [0.717, 1.165) is 31.0 Å². The molecule has 122 valence electrons. The highest BCUT2D eigenvalue weighted by Gasteiger charge is 2.37. The Bertz CT molecular complexity index is 310. The van der Waals surface area contributed by atoms with E-state index in [9.17, 15) is 0 Å². The van der Waals surface area contributed by atoms with Crippen LogP contribution in [0, 0.1) is 11.8 Å². The van der Waals surface area contributed by atoms with Crippen LogP contribution < -0.4 is 5.32 Å². The first-order valence-corrected chi connectivity index (χ1v) is 9.33. The highest BCUT2D eigenvalue weighted by molar-refractivity contribution is 4.95. The van der Waals surface area contributed by atoms with Gasteiger partial charge in [0, 0.05) is 31.7 Å². The molecule has 1 aliphatic heterocycles. The number of hydrogen-bond acceptors (Lipinski definition) is 3. The molecule has 1 N–H and O–H groups in total. The van der Waals surface area contributed by atoms with E-state index in [4.69, 9.17) is 4.74 Å². The van der Waals surface area contributed by atoms with Crippen molar-refractivity contribution < 1.29 is 4.74 Å². The van der Waals surface area contributed by atoms with Gasteiger partial charge in [0.25, 0.3) is 0 Å². The Kier molecular flexibility index (Phi) is 5.58. The van der Waals surface area contributed by atoms with Crippen LogP contribution in [0.4, 0.5) is 0 Å². The third-order valence-corrected chi connectivity index (χ3v) is 5.73. The molecule has 0 amide bonds. The summed E-state index contributed by atoms with van der Waals surface area (Å²) in [5.74, 6) is 1.69. The second-order valence-corrected chi connectivity index (χ2v) is 7.79. The third-order valence-electron chi connectivity index (χ3n) is 5.73. The van der Waals surface area contributed by atoms with Gasteiger partial charge in [0.05, 0.1) is 12.7 Å². The zero-order valence-corrected chi connectivity index (χ0v) is 14.0. The van der Waals surface area contributed by atoms with Gasteiger partial charge in [-0.25, -0.2) is 0 Å². The fourth-order valence-electron chi connectivity index (χ4n) is 4.15. The molecule has 0 aromatic rings. The lowest BCUT2D eigenvalue weighted by molar-refractivity contribution is -0.00241. The van der Waals surface area contributed by atoms with Gasteiger partial charge >= 0.3 is 0 Å². The smallest absolute Gasteiger partial charge is 0.0597 e. The van der Waals surface area contributed by atoms with E-state index in [1.807, 2.05) is 0 Å². The van der Waals surface area contributed by atoms with Crippen molar-refractivity contribution in [2.45, 2.75) is 77.0 Å². The number of nitrogens with zero attached hydrogens (tertiary/aromatic N) is 1. The van der Waals surface area contributed by atoms with Crippen molar-refractivity contribution in [3.8, 4) is 0 Å². The summed E-state index contributed by atoms with van der Waals surface area (Å²) in [4.78, 5) is 2.72. The standard InChI is InChI=1S/C18H34N2O/c1-14(2)18-12-19-17(15-8-9-15)13-20(18)10-11-21-16-6-4-3-5-7-16/h14-19H,3-13H2,1-2H3. The summed E-state index contributed by atoms with van der Waals surface area (Å²) in [6.07, 6.45) is 10.2. The molecule has 0 bridgehead atoms. The fourth-order valence-corrected chi connectivity index (χ4v) is 4.15. The summed E-state index contributed by atoms with van der Waals surface area (Å²) in [6, 6.07) is 1.43. The van der Waals surface area contributed by atoms with Crippen molar-refractivity contribution in [3.05, 3.63) is 0 Å². The third kappa shape index (κ3) is 4.43. The maximum Gasteiger partial charge on any atom is 0.0597 e. The van der Waals surface area contributed by atoms with Gasteiger partial charge in [-0.2, -0.15) is 0 Å². The topological polar surface area (TPSA) is 24.5 Å². The largest absolute Gasteiger partial charge is 0.377 e. The number of ether oxygens (including phenoxy) is 1. The maximum absolute atomic E-state index is 6.16. The second-order valence-electron chi connectivity index (χ2n) is 7.79. The molecule has 1 saturated heterocycles. The molecule has 1 heterocycles. The average molecular weight is 294 g/mol. The lowest BCUT2D eigenvalue weighted by Crippen LogP contribution is -2.59. The van der Waals surface area contributed by atoms with E-state index in [2.05, 4.69) is 24.1 Å². The Hall–Kier alpha value is -0.120. The van der Waals surface area contributed by atoms with Crippen molar-refractivity contribution in [2.24, 2.45) is 11.8 Å². The minimum atomic E-state index is 0.554. The second kappa shape index (κ2) is 7.43. The molecule has 21 heavy (non-hydrogen) atoms. The van der Waals surface area contributed by atoms with E-state index in [1.165, 1.54) is 58.0 Å². The van der Waals surface area contributed by atoms with Gasteiger partial charge in [-0.05, 0) is 37.5 Å². The maximum atomic E-state index is 6.16. The van der Waals surface area contributed by atoms with Crippen molar-refractivity contribution in [1.29, 1.82) is 0 Å². The van der Waals surface area contributed by atoms with E-state index in [1.54, 1.807) is 0 Å². The summed E-state index contributed by atoms with van der Waals surface area (Å²) in [5, 5.41) is 3.80. The van der Waals surface area contributed by atoms with Gasteiger partial charge in [0.1, 0.15) is 0 Å². The van der Waals surface area contributed by atoms with Crippen molar-refractivity contribution in [3.63, 3.8) is 0 Å². The lowest BCUT2D eigenvalue weighted by Gasteiger charge is -2.42.